The van der Waals surface area contributed by atoms with Gasteiger partial charge in [-0.3, -0.25) is 4.79 Å². The highest BCUT2D eigenvalue weighted by Crippen LogP contribution is 2.24. The van der Waals surface area contributed by atoms with Gasteiger partial charge in [0.1, 0.15) is 12.7 Å². The Bertz CT molecular complexity index is 834. The molecule has 0 saturated carbocycles. The molecular formula is C16H12Br2N4O. The molecule has 116 valence electrons. The van der Waals surface area contributed by atoms with Crippen molar-refractivity contribution in [3.05, 3.63) is 69.6 Å². The molecule has 0 aliphatic carbocycles. The number of amides is 1. The van der Waals surface area contributed by atoms with E-state index in [0.29, 0.717) is 12.1 Å². The van der Waals surface area contributed by atoms with Gasteiger partial charge in [-0.15, -0.1) is 0 Å². The van der Waals surface area contributed by atoms with Crippen LogP contribution >= 0.6 is 31.9 Å². The molecule has 5 nitrogen and oxygen atoms in total. The fourth-order valence-corrected chi connectivity index (χ4v) is 2.98. The molecular weight excluding hydrogens is 424 g/mol. The normalized spacial score (nSPS) is 10.5. The Morgan fingerprint density at radius 2 is 1.96 bits per heavy atom. The van der Waals surface area contributed by atoms with E-state index in [1.165, 1.54) is 6.33 Å². The molecule has 7 heteroatoms. The van der Waals surface area contributed by atoms with Crippen LogP contribution in [0, 0.1) is 0 Å². The van der Waals surface area contributed by atoms with Crippen LogP contribution in [0.15, 0.2) is 64.1 Å². The number of benzene rings is 2. The first-order chi connectivity index (χ1) is 11.1. The Morgan fingerprint density at radius 1 is 1.13 bits per heavy atom. The molecule has 2 aromatic carbocycles. The van der Waals surface area contributed by atoms with Crippen molar-refractivity contribution in [3.63, 3.8) is 0 Å². The van der Waals surface area contributed by atoms with Gasteiger partial charge in [-0.1, -0.05) is 44.0 Å². The summed E-state index contributed by atoms with van der Waals surface area (Å²) in [5, 5.41) is 7.05. The Kier molecular flexibility index (Phi) is 4.88. The van der Waals surface area contributed by atoms with Crippen LogP contribution < -0.4 is 5.32 Å². The highest BCUT2D eigenvalue weighted by Gasteiger charge is 2.10. The SMILES string of the molecule is O=C(Cc1cccc(Br)c1)Nc1cc(Br)ccc1-n1cncn1. The first-order valence-electron chi connectivity index (χ1n) is 6.80. The Hall–Kier alpha value is -1.99. The van der Waals surface area contributed by atoms with E-state index in [-0.39, 0.29) is 5.91 Å². The molecule has 23 heavy (non-hydrogen) atoms. The predicted octanol–water partition coefficient (Wildman–Crippen LogP) is 3.97. The molecule has 3 rings (SSSR count). The van der Waals surface area contributed by atoms with Crippen molar-refractivity contribution in [1.29, 1.82) is 0 Å². The van der Waals surface area contributed by atoms with Crippen molar-refractivity contribution in [2.45, 2.75) is 6.42 Å². The molecule has 0 aliphatic heterocycles. The summed E-state index contributed by atoms with van der Waals surface area (Å²) >= 11 is 6.83. The average molecular weight is 436 g/mol. The summed E-state index contributed by atoms with van der Waals surface area (Å²) < 4.78 is 3.44. The minimum absolute atomic E-state index is 0.0948. The summed E-state index contributed by atoms with van der Waals surface area (Å²) in [7, 11) is 0. The van der Waals surface area contributed by atoms with E-state index >= 15 is 0 Å². The summed E-state index contributed by atoms with van der Waals surface area (Å²) in [6.45, 7) is 0. The van der Waals surface area contributed by atoms with E-state index in [4.69, 9.17) is 0 Å². The number of hydrogen-bond donors (Lipinski definition) is 1. The quantitative estimate of drug-likeness (QED) is 0.674. The maximum absolute atomic E-state index is 12.3. The molecule has 1 N–H and O–H groups in total. The van der Waals surface area contributed by atoms with E-state index < -0.39 is 0 Å². The predicted molar refractivity (Wildman–Crippen MR) is 95.5 cm³/mol. The lowest BCUT2D eigenvalue weighted by atomic mass is 10.1. The van der Waals surface area contributed by atoms with Crippen LogP contribution in [-0.4, -0.2) is 20.7 Å². The maximum Gasteiger partial charge on any atom is 0.228 e. The number of carbonyl (C=O) groups excluding carboxylic acids is 1. The lowest BCUT2D eigenvalue weighted by Gasteiger charge is -2.11. The Morgan fingerprint density at radius 3 is 2.70 bits per heavy atom. The number of nitrogens with one attached hydrogen (secondary N) is 1. The monoisotopic (exact) mass is 434 g/mol. The first-order valence-corrected chi connectivity index (χ1v) is 8.39. The molecule has 0 aliphatic rings. The van der Waals surface area contributed by atoms with Crippen LogP contribution in [0.2, 0.25) is 0 Å². The van der Waals surface area contributed by atoms with Crippen molar-refractivity contribution >= 4 is 43.5 Å². The lowest BCUT2D eigenvalue weighted by Crippen LogP contribution is -2.16. The molecule has 1 amide bonds. The van der Waals surface area contributed by atoms with Gasteiger partial charge in [0.25, 0.3) is 0 Å². The van der Waals surface area contributed by atoms with Crippen LogP contribution in [0.4, 0.5) is 5.69 Å². The summed E-state index contributed by atoms with van der Waals surface area (Å²) in [6.07, 6.45) is 3.34. The molecule has 0 fully saturated rings. The molecule has 0 atom stereocenters. The Labute approximate surface area is 150 Å². The minimum atomic E-state index is -0.0948. The summed E-state index contributed by atoms with van der Waals surface area (Å²) in [5.74, 6) is -0.0948. The highest BCUT2D eigenvalue weighted by molar-refractivity contribution is 9.10. The van der Waals surface area contributed by atoms with E-state index in [9.17, 15) is 4.79 Å². The van der Waals surface area contributed by atoms with Gasteiger partial charge >= 0.3 is 0 Å². The molecule has 1 aromatic heterocycles. The summed E-state index contributed by atoms with van der Waals surface area (Å²) in [6, 6.07) is 13.3. The number of halogens is 2. The van der Waals surface area contributed by atoms with E-state index in [2.05, 4.69) is 47.3 Å². The minimum Gasteiger partial charge on any atom is -0.324 e. The van der Waals surface area contributed by atoms with Gasteiger partial charge in [0.05, 0.1) is 17.8 Å². The van der Waals surface area contributed by atoms with Crippen LogP contribution in [0.25, 0.3) is 5.69 Å². The zero-order valence-corrected chi connectivity index (χ0v) is 15.1. The Balaban J connectivity index is 1.82. The fraction of sp³-hybridized carbons (Fsp3) is 0.0625. The number of carbonyl (C=O) groups is 1. The molecule has 0 radical (unpaired) electrons. The highest BCUT2D eigenvalue weighted by atomic mass is 79.9. The van der Waals surface area contributed by atoms with Crippen molar-refractivity contribution in [2.24, 2.45) is 0 Å². The lowest BCUT2D eigenvalue weighted by molar-refractivity contribution is -0.115. The van der Waals surface area contributed by atoms with Gasteiger partial charge in [0.2, 0.25) is 5.91 Å². The summed E-state index contributed by atoms with van der Waals surface area (Å²) in [5.41, 5.74) is 2.37. The second kappa shape index (κ2) is 7.06. The number of aromatic nitrogens is 3. The zero-order valence-electron chi connectivity index (χ0n) is 11.9. The molecule has 0 spiro atoms. The summed E-state index contributed by atoms with van der Waals surface area (Å²) in [4.78, 5) is 16.3. The van der Waals surface area contributed by atoms with Crippen LogP contribution in [0.3, 0.4) is 0 Å². The second-order valence-electron chi connectivity index (χ2n) is 4.86. The number of anilines is 1. The van der Waals surface area contributed by atoms with E-state index in [0.717, 1.165) is 20.2 Å². The first kappa shape index (κ1) is 15.9. The van der Waals surface area contributed by atoms with Crippen molar-refractivity contribution in [3.8, 4) is 5.69 Å². The second-order valence-corrected chi connectivity index (χ2v) is 6.69. The van der Waals surface area contributed by atoms with Gasteiger partial charge in [-0.25, -0.2) is 9.67 Å². The third-order valence-corrected chi connectivity index (χ3v) is 4.14. The number of rotatable bonds is 4. The molecule has 0 bridgehead atoms. The molecule has 3 aromatic rings. The zero-order chi connectivity index (χ0) is 16.2. The number of hydrogen-bond acceptors (Lipinski definition) is 3. The molecule has 0 saturated heterocycles. The van der Waals surface area contributed by atoms with Crippen molar-refractivity contribution < 1.29 is 4.79 Å². The van der Waals surface area contributed by atoms with Crippen molar-refractivity contribution in [1.82, 2.24) is 14.8 Å². The maximum atomic E-state index is 12.3. The third kappa shape index (κ3) is 4.05. The van der Waals surface area contributed by atoms with Crippen LogP contribution in [0.5, 0.6) is 0 Å². The average Bonchev–Trinajstić information content (AvgIpc) is 3.01. The van der Waals surface area contributed by atoms with Gasteiger partial charge in [0, 0.05) is 8.95 Å². The van der Waals surface area contributed by atoms with Gasteiger partial charge < -0.3 is 5.32 Å². The molecule has 0 unspecified atom stereocenters. The van der Waals surface area contributed by atoms with Gasteiger partial charge in [0.15, 0.2) is 0 Å². The van der Waals surface area contributed by atoms with E-state index in [1.54, 1.807) is 11.0 Å². The largest absolute Gasteiger partial charge is 0.324 e. The van der Waals surface area contributed by atoms with Crippen LogP contribution in [0.1, 0.15) is 5.56 Å². The smallest absolute Gasteiger partial charge is 0.228 e. The van der Waals surface area contributed by atoms with Gasteiger partial charge in [-0.2, -0.15) is 5.10 Å². The standard InChI is InChI=1S/C16H12Br2N4O/c17-12-3-1-2-11(6-12)7-16(23)21-14-8-13(18)4-5-15(14)22-10-19-9-20-22/h1-6,8-10H,7H2,(H,21,23). The topological polar surface area (TPSA) is 59.8 Å². The van der Waals surface area contributed by atoms with Crippen molar-refractivity contribution in [2.75, 3.05) is 5.32 Å². The van der Waals surface area contributed by atoms with Crippen LogP contribution in [-0.2, 0) is 11.2 Å². The third-order valence-electron chi connectivity index (χ3n) is 3.15. The van der Waals surface area contributed by atoms with E-state index in [1.807, 2.05) is 42.5 Å². The van der Waals surface area contributed by atoms with Gasteiger partial charge in [-0.05, 0) is 35.9 Å². The number of nitrogens with zero attached hydrogens (tertiary/aromatic N) is 3. The molecule has 1 heterocycles. The fourth-order valence-electron chi connectivity index (χ4n) is 2.17.